The summed E-state index contributed by atoms with van der Waals surface area (Å²) in [5.41, 5.74) is -2.07. The molecule has 0 N–H and O–H groups in total. The number of hydrogen-bond donors (Lipinski definition) is 0. The van der Waals surface area contributed by atoms with Crippen LogP contribution in [0.3, 0.4) is 0 Å². The van der Waals surface area contributed by atoms with Gasteiger partial charge in [-0.15, -0.1) is 0 Å². The summed E-state index contributed by atoms with van der Waals surface area (Å²) in [5, 5.41) is -0.380. The van der Waals surface area contributed by atoms with Gasteiger partial charge >= 0.3 is 24.2 Å². The van der Waals surface area contributed by atoms with E-state index in [4.69, 9.17) is 12.2 Å². The number of anilines is 2. The summed E-state index contributed by atoms with van der Waals surface area (Å²) in [5.74, 6) is -2.27. The lowest BCUT2D eigenvalue weighted by atomic mass is 10.2. The van der Waals surface area contributed by atoms with E-state index < -0.39 is 35.3 Å². The summed E-state index contributed by atoms with van der Waals surface area (Å²) in [6.45, 7) is 0. The van der Waals surface area contributed by atoms with Gasteiger partial charge in [0.2, 0.25) is 0 Å². The molecule has 4 nitrogen and oxygen atoms in total. The Morgan fingerprint density at radius 2 is 0.893 bits per heavy atom. The third-order valence-corrected chi connectivity index (χ3v) is 4.24. The van der Waals surface area contributed by atoms with Gasteiger partial charge in [-0.1, -0.05) is 0 Å². The lowest BCUT2D eigenvalue weighted by Gasteiger charge is -2.19. The first-order valence-electron chi connectivity index (χ1n) is 7.48. The van der Waals surface area contributed by atoms with Crippen LogP contribution in [-0.4, -0.2) is 16.9 Å². The molecule has 28 heavy (non-hydrogen) atoms. The molecule has 0 atom stereocenters. The molecule has 2 aromatic carbocycles. The lowest BCUT2D eigenvalue weighted by molar-refractivity contribution is -0.138. The fourth-order valence-electron chi connectivity index (χ4n) is 2.52. The number of alkyl halides is 6. The Kier molecular flexibility index (Phi) is 4.66. The molecule has 3 rings (SSSR count). The molecule has 0 radical (unpaired) electrons. The Labute approximate surface area is 159 Å². The van der Waals surface area contributed by atoms with Crippen molar-refractivity contribution < 1.29 is 35.9 Å². The topological polar surface area (TPSA) is 40.6 Å². The molecule has 11 heteroatoms. The van der Waals surface area contributed by atoms with Crippen LogP contribution in [0.15, 0.2) is 48.5 Å². The SMILES string of the molecule is O=C1C(=O)N(c2ccc(C(F)(F)F)cc2)C(=S)N1c1ccc(C(F)(F)F)cc1. The third kappa shape index (κ3) is 3.44. The first-order chi connectivity index (χ1) is 12.9. The quantitative estimate of drug-likeness (QED) is 0.413. The maximum Gasteiger partial charge on any atom is 0.416 e. The molecular formula is C17H8F6N2O2S. The van der Waals surface area contributed by atoms with Crippen LogP contribution in [0.5, 0.6) is 0 Å². The van der Waals surface area contributed by atoms with Crippen LogP contribution < -0.4 is 9.80 Å². The van der Waals surface area contributed by atoms with E-state index in [1.807, 2.05) is 0 Å². The van der Waals surface area contributed by atoms with Gasteiger partial charge in [0.15, 0.2) is 5.11 Å². The van der Waals surface area contributed by atoms with Crippen molar-refractivity contribution in [1.82, 2.24) is 0 Å². The minimum absolute atomic E-state index is 0.0780. The molecule has 1 fully saturated rings. The molecule has 1 saturated heterocycles. The number of amides is 2. The van der Waals surface area contributed by atoms with Crippen LogP contribution in [0.4, 0.5) is 37.7 Å². The van der Waals surface area contributed by atoms with Crippen LogP contribution in [0, 0.1) is 0 Å². The molecule has 0 unspecified atom stereocenters. The zero-order chi connectivity index (χ0) is 20.9. The lowest BCUT2D eigenvalue weighted by Crippen LogP contribution is -2.33. The van der Waals surface area contributed by atoms with Crippen molar-refractivity contribution in [2.24, 2.45) is 0 Å². The number of rotatable bonds is 2. The first-order valence-corrected chi connectivity index (χ1v) is 7.89. The summed E-state index contributed by atoms with van der Waals surface area (Å²) < 4.78 is 76.0. The van der Waals surface area contributed by atoms with E-state index in [0.29, 0.717) is 0 Å². The summed E-state index contributed by atoms with van der Waals surface area (Å²) >= 11 is 5.06. The average molecular weight is 418 g/mol. The van der Waals surface area contributed by atoms with E-state index >= 15 is 0 Å². The van der Waals surface area contributed by atoms with Crippen LogP contribution in [0.2, 0.25) is 0 Å². The summed E-state index contributed by atoms with van der Waals surface area (Å²) in [6.07, 6.45) is -9.17. The number of carbonyl (C=O) groups is 2. The fourth-order valence-corrected chi connectivity index (χ4v) is 2.90. The zero-order valence-corrected chi connectivity index (χ0v) is 14.3. The third-order valence-electron chi connectivity index (χ3n) is 3.88. The van der Waals surface area contributed by atoms with Crippen LogP contribution in [0.25, 0.3) is 0 Å². The molecule has 0 saturated carbocycles. The Morgan fingerprint density at radius 3 is 1.14 bits per heavy atom. The van der Waals surface area contributed by atoms with Crippen molar-refractivity contribution in [2.75, 3.05) is 9.80 Å². The van der Waals surface area contributed by atoms with Gasteiger partial charge in [-0.25, -0.2) is 9.80 Å². The molecule has 1 heterocycles. The highest BCUT2D eigenvalue weighted by molar-refractivity contribution is 7.81. The predicted molar refractivity (Wildman–Crippen MR) is 90.5 cm³/mol. The normalized spacial score (nSPS) is 15.6. The second-order valence-electron chi connectivity index (χ2n) is 5.65. The molecule has 0 aromatic heterocycles. The molecule has 1 aliphatic rings. The Morgan fingerprint density at radius 1 is 0.607 bits per heavy atom. The van der Waals surface area contributed by atoms with E-state index in [-0.39, 0.29) is 16.5 Å². The van der Waals surface area contributed by atoms with Crippen LogP contribution >= 0.6 is 12.2 Å². The number of benzene rings is 2. The van der Waals surface area contributed by atoms with Crippen molar-refractivity contribution >= 4 is 40.5 Å². The Bertz CT molecular complexity index is 874. The minimum atomic E-state index is -4.59. The van der Waals surface area contributed by atoms with Gasteiger partial charge in [0.05, 0.1) is 22.5 Å². The monoisotopic (exact) mass is 418 g/mol. The molecule has 0 bridgehead atoms. The average Bonchev–Trinajstić information content (AvgIpc) is 2.83. The van der Waals surface area contributed by atoms with Gasteiger partial charge in [0.25, 0.3) is 0 Å². The van der Waals surface area contributed by atoms with Gasteiger partial charge in [0.1, 0.15) is 0 Å². The van der Waals surface area contributed by atoms with Crippen LogP contribution in [-0.2, 0) is 21.9 Å². The molecule has 2 amide bonds. The Hall–Kier alpha value is -2.95. The molecule has 1 aliphatic heterocycles. The molecule has 0 spiro atoms. The second kappa shape index (κ2) is 6.59. The maximum absolute atomic E-state index is 12.7. The van der Waals surface area contributed by atoms with E-state index in [0.717, 1.165) is 58.3 Å². The van der Waals surface area contributed by atoms with Gasteiger partial charge in [0, 0.05) is 0 Å². The zero-order valence-electron chi connectivity index (χ0n) is 13.5. The molecule has 146 valence electrons. The number of nitrogens with zero attached hydrogens (tertiary/aromatic N) is 2. The highest BCUT2D eigenvalue weighted by atomic mass is 32.1. The van der Waals surface area contributed by atoms with E-state index in [1.54, 1.807) is 0 Å². The number of hydrogen-bond acceptors (Lipinski definition) is 3. The minimum Gasteiger partial charge on any atom is -0.263 e. The molecule has 0 aliphatic carbocycles. The van der Waals surface area contributed by atoms with Gasteiger partial charge in [-0.05, 0) is 60.7 Å². The highest BCUT2D eigenvalue weighted by Gasteiger charge is 2.44. The summed E-state index contributed by atoms with van der Waals surface area (Å²) in [7, 11) is 0. The standard InChI is InChI=1S/C17H8F6N2O2S/c18-16(19,20)9-1-5-11(6-2-9)24-13(26)14(27)25(15(24)28)12-7-3-10(4-8-12)17(21,22)23/h1-8H. The van der Waals surface area contributed by atoms with Crippen molar-refractivity contribution in [3.8, 4) is 0 Å². The van der Waals surface area contributed by atoms with Crippen molar-refractivity contribution in [3.05, 3.63) is 59.7 Å². The van der Waals surface area contributed by atoms with E-state index in [1.165, 1.54) is 0 Å². The number of thiocarbonyl (C=S) groups is 1. The van der Waals surface area contributed by atoms with E-state index in [2.05, 4.69) is 0 Å². The molecule has 2 aromatic rings. The largest absolute Gasteiger partial charge is 0.416 e. The van der Waals surface area contributed by atoms with Crippen molar-refractivity contribution in [3.63, 3.8) is 0 Å². The fraction of sp³-hybridized carbons (Fsp3) is 0.118. The van der Waals surface area contributed by atoms with Gasteiger partial charge < -0.3 is 0 Å². The van der Waals surface area contributed by atoms with Crippen molar-refractivity contribution in [1.29, 1.82) is 0 Å². The number of carbonyl (C=O) groups excluding carboxylic acids is 2. The smallest absolute Gasteiger partial charge is 0.263 e. The summed E-state index contributed by atoms with van der Waals surface area (Å²) in [6, 6.07) is 6.75. The first kappa shape index (κ1) is 19.8. The Balaban J connectivity index is 1.92. The second-order valence-corrected chi connectivity index (χ2v) is 6.02. The summed E-state index contributed by atoms with van der Waals surface area (Å²) in [4.78, 5) is 25.9. The highest BCUT2D eigenvalue weighted by Crippen LogP contribution is 2.34. The van der Waals surface area contributed by atoms with Crippen molar-refractivity contribution in [2.45, 2.75) is 12.4 Å². The van der Waals surface area contributed by atoms with Gasteiger partial charge in [-0.2, -0.15) is 26.3 Å². The van der Waals surface area contributed by atoms with Crippen LogP contribution in [0.1, 0.15) is 11.1 Å². The number of halogens is 6. The van der Waals surface area contributed by atoms with Gasteiger partial charge in [-0.3, -0.25) is 9.59 Å². The van der Waals surface area contributed by atoms with E-state index in [9.17, 15) is 35.9 Å². The molecular weight excluding hydrogens is 410 g/mol. The maximum atomic E-state index is 12.7. The predicted octanol–water partition coefficient (Wildman–Crippen LogP) is 4.39.